The quantitative estimate of drug-likeness (QED) is 0.891. The van der Waals surface area contributed by atoms with Gasteiger partial charge in [-0.25, -0.2) is 4.98 Å². The lowest BCUT2D eigenvalue weighted by atomic mass is 9.97. The van der Waals surface area contributed by atoms with E-state index in [1.54, 1.807) is 10.9 Å². The van der Waals surface area contributed by atoms with Gasteiger partial charge in [0.25, 0.3) is 5.91 Å². The summed E-state index contributed by atoms with van der Waals surface area (Å²) in [4.78, 5) is 17.2. The summed E-state index contributed by atoms with van der Waals surface area (Å²) in [7, 11) is 1.88. The van der Waals surface area contributed by atoms with Crippen molar-refractivity contribution in [2.75, 3.05) is 13.1 Å². The highest BCUT2D eigenvalue weighted by Gasteiger charge is 2.26. The molecule has 0 unspecified atom stereocenters. The lowest BCUT2D eigenvalue weighted by Gasteiger charge is -2.20. The number of rotatable bonds is 3. The zero-order chi connectivity index (χ0) is 16.6. The van der Waals surface area contributed by atoms with E-state index in [9.17, 15) is 4.79 Å². The fraction of sp³-hybridized carbons (Fsp3) is 0.562. The van der Waals surface area contributed by atoms with Crippen molar-refractivity contribution in [3.8, 4) is 11.4 Å². The molecule has 0 radical (unpaired) electrons. The van der Waals surface area contributed by atoms with Crippen LogP contribution >= 0.6 is 0 Å². The SMILES string of the molecule is Cn1cc(-c2nc(C(=O)NCC(C)(C)C)c3n2CCNC3)cn1. The number of fused-ring (bicyclic) bond motifs is 1. The number of imidazole rings is 1. The lowest BCUT2D eigenvalue weighted by Crippen LogP contribution is -2.34. The third kappa shape index (κ3) is 3.29. The number of hydrogen-bond donors (Lipinski definition) is 2. The summed E-state index contributed by atoms with van der Waals surface area (Å²) in [6.07, 6.45) is 3.71. The zero-order valence-electron chi connectivity index (χ0n) is 14.2. The Labute approximate surface area is 136 Å². The summed E-state index contributed by atoms with van der Waals surface area (Å²) >= 11 is 0. The summed E-state index contributed by atoms with van der Waals surface area (Å²) < 4.78 is 3.87. The van der Waals surface area contributed by atoms with Crippen LogP contribution in [0.1, 0.15) is 37.0 Å². The van der Waals surface area contributed by atoms with Gasteiger partial charge >= 0.3 is 0 Å². The molecule has 1 aliphatic heterocycles. The van der Waals surface area contributed by atoms with Crippen molar-refractivity contribution in [2.24, 2.45) is 12.5 Å². The van der Waals surface area contributed by atoms with Crippen molar-refractivity contribution in [2.45, 2.75) is 33.9 Å². The summed E-state index contributed by atoms with van der Waals surface area (Å²) in [5, 5.41) is 10.5. The van der Waals surface area contributed by atoms with Crippen molar-refractivity contribution in [3.63, 3.8) is 0 Å². The summed E-state index contributed by atoms with van der Waals surface area (Å²) in [6, 6.07) is 0. The summed E-state index contributed by atoms with van der Waals surface area (Å²) in [6.45, 7) is 9.24. The van der Waals surface area contributed by atoms with Crippen LogP contribution in [-0.2, 0) is 20.1 Å². The second kappa shape index (κ2) is 5.81. The van der Waals surface area contributed by atoms with E-state index in [0.717, 1.165) is 30.2 Å². The van der Waals surface area contributed by atoms with E-state index in [0.29, 0.717) is 18.8 Å². The van der Waals surface area contributed by atoms with Crippen LogP contribution < -0.4 is 10.6 Å². The molecule has 3 rings (SSSR count). The smallest absolute Gasteiger partial charge is 0.271 e. The van der Waals surface area contributed by atoms with Gasteiger partial charge in [0, 0.05) is 39.4 Å². The minimum Gasteiger partial charge on any atom is -0.350 e. The maximum absolute atomic E-state index is 12.6. The Kier molecular flexibility index (Phi) is 3.97. The molecule has 1 amide bonds. The molecule has 7 nitrogen and oxygen atoms in total. The number of aromatic nitrogens is 4. The van der Waals surface area contributed by atoms with E-state index in [1.807, 2.05) is 13.2 Å². The number of carbonyl (C=O) groups excluding carboxylic acids is 1. The van der Waals surface area contributed by atoms with Crippen LogP contribution in [-0.4, -0.2) is 38.3 Å². The number of hydrogen-bond acceptors (Lipinski definition) is 4. The van der Waals surface area contributed by atoms with Crippen molar-refractivity contribution < 1.29 is 4.79 Å². The van der Waals surface area contributed by atoms with Crippen LogP contribution in [0.15, 0.2) is 12.4 Å². The van der Waals surface area contributed by atoms with Crippen molar-refractivity contribution in [3.05, 3.63) is 23.8 Å². The van der Waals surface area contributed by atoms with Gasteiger partial charge in [0.1, 0.15) is 5.82 Å². The Hall–Kier alpha value is -2.15. The highest BCUT2D eigenvalue weighted by molar-refractivity contribution is 5.94. The molecule has 0 aliphatic carbocycles. The average molecular weight is 316 g/mol. The fourth-order valence-electron chi connectivity index (χ4n) is 2.67. The van der Waals surface area contributed by atoms with Gasteiger partial charge in [0.2, 0.25) is 0 Å². The first-order chi connectivity index (χ1) is 10.8. The third-order valence-corrected chi connectivity index (χ3v) is 3.83. The maximum atomic E-state index is 12.6. The van der Waals surface area contributed by atoms with Crippen LogP contribution in [0.25, 0.3) is 11.4 Å². The van der Waals surface area contributed by atoms with E-state index in [-0.39, 0.29) is 11.3 Å². The first-order valence-corrected chi connectivity index (χ1v) is 7.92. The van der Waals surface area contributed by atoms with Crippen molar-refractivity contribution >= 4 is 5.91 Å². The molecule has 0 aromatic carbocycles. The molecule has 3 heterocycles. The number of nitrogens with one attached hydrogen (secondary N) is 2. The van der Waals surface area contributed by atoms with Crippen LogP contribution in [0.5, 0.6) is 0 Å². The Balaban J connectivity index is 1.94. The topological polar surface area (TPSA) is 76.8 Å². The first kappa shape index (κ1) is 15.7. The van der Waals surface area contributed by atoms with Crippen molar-refractivity contribution in [1.82, 2.24) is 30.0 Å². The third-order valence-electron chi connectivity index (χ3n) is 3.83. The Morgan fingerprint density at radius 2 is 2.22 bits per heavy atom. The maximum Gasteiger partial charge on any atom is 0.271 e. The second-order valence-electron chi connectivity index (χ2n) is 7.21. The number of aryl methyl sites for hydroxylation is 1. The molecule has 7 heteroatoms. The second-order valence-corrected chi connectivity index (χ2v) is 7.21. The molecule has 1 aliphatic rings. The van der Waals surface area contributed by atoms with E-state index in [1.165, 1.54) is 0 Å². The van der Waals surface area contributed by atoms with Gasteiger partial charge in [-0.2, -0.15) is 5.10 Å². The largest absolute Gasteiger partial charge is 0.350 e. The van der Waals surface area contributed by atoms with Gasteiger partial charge in [-0.3, -0.25) is 9.48 Å². The first-order valence-electron chi connectivity index (χ1n) is 7.92. The molecule has 2 N–H and O–H groups in total. The van der Waals surface area contributed by atoms with Gasteiger partial charge < -0.3 is 15.2 Å². The highest BCUT2D eigenvalue weighted by atomic mass is 16.1. The van der Waals surface area contributed by atoms with Gasteiger partial charge in [0.15, 0.2) is 5.69 Å². The van der Waals surface area contributed by atoms with Crippen LogP contribution in [0.4, 0.5) is 0 Å². The minimum atomic E-state index is -0.109. The average Bonchev–Trinajstić information content (AvgIpc) is 3.07. The van der Waals surface area contributed by atoms with E-state index in [2.05, 4.69) is 46.1 Å². The van der Waals surface area contributed by atoms with Crippen LogP contribution in [0.2, 0.25) is 0 Å². The molecular formula is C16H24N6O. The fourth-order valence-corrected chi connectivity index (χ4v) is 2.67. The van der Waals surface area contributed by atoms with Gasteiger partial charge in [-0.15, -0.1) is 0 Å². The van der Waals surface area contributed by atoms with E-state index in [4.69, 9.17) is 0 Å². The predicted octanol–water partition coefficient (Wildman–Crippen LogP) is 1.16. The Morgan fingerprint density at radius 3 is 2.87 bits per heavy atom. The number of nitrogens with zero attached hydrogens (tertiary/aromatic N) is 4. The molecular weight excluding hydrogens is 292 g/mol. The summed E-state index contributed by atoms with van der Waals surface area (Å²) in [5.41, 5.74) is 2.44. The van der Waals surface area contributed by atoms with Gasteiger partial charge in [-0.1, -0.05) is 20.8 Å². The normalized spacial score (nSPS) is 14.6. The number of amides is 1. The summed E-state index contributed by atoms with van der Waals surface area (Å²) in [5.74, 6) is 0.707. The monoisotopic (exact) mass is 316 g/mol. The van der Waals surface area contributed by atoms with E-state index >= 15 is 0 Å². The van der Waals surface area contributed by atoms with Gasteiger partial charge in [0.05, 0.1) is 17.5 Å². The highest BCUT2D eigenvalue weighted by Crippen LogP contribution is 2.24. The molecule has 0 saturated heterocycles. The van der Waals surface area contributed by atoms with Crippen LogP contribution in [0, 0.1) is 5.41 Å². The Bertz CT molecular complexity index is 721. The van der Waals surface area contributed by atoms with Crippen molar-refractivity contribution in [1.29, 1.82) is 0 Å². The zero-order valence-corrected chi connectivity index (χ0v) is 14.2. The molecule has 0 saturated carbocycles. The Morgan fingerprint density at radius 1 is 1.43 bits per heavy atom. The lowest BCUT2D eigenvalue weighted by molar-refractivity contribution is 0.0933. The molecule has 0 bridgehead atoms. The molecule has 124 valence electrons. The molecule has 0 fully saturated rings. The standard InChI is InChI=1S/C16H24N6O/c1-16(2,3)10-18-15(23)13-12-8-17-5-6-22(12)14(20-13)11-7-19-21(4)9-11/h7,9,17H,5-6,8,10H2,1-4H3,(H,18,23). The number of carbonyl (C=O) groups is 1. The molecule has 0 atom stereocenters. The van der Waals surface area contributed by atoms with Crippen LogP contribution in [0.3, 0.4) is 0 Å². The predicted molar refractivity (Wildman–Crippen MR) is 87.9 cm³/mol. The molecule has 0 spiro atoms. The molecule has 2 aromatic rings. The van der Waals surface area contributed by atoms with E-state index < -0.39 is 0 Å². The minimum absolute atomic E-state index is 0.0416. The van der Waals surface area contributed by atoms with Gasteiger partial charge in [-0.05, 0) is 5.41 Å². The molecule has 23 heavy (non-hydrogen) atoms. The molecule has 2 aromatic heterocycles.